The molecule has 2 rings (SSSR count). The van der Waals surface area contributed by atoms with Gasteiger partial charge in [-0.3, -0.25) is 10.2 Å². The molecule has 2 aromatic rings. The highest BCUT2D eigenvalue weighted by molar-refractivity contribution is 7.98. The second kappa shape index (κ2) is 6.06. The predicted molar refractivity (Wildman–Crippen MR) is 76.2 cm³/mol. The molecule has 0 fully saturated rings. The maximum Gasteiger partial charge on any atom is 0.268 e. The molecule has 0 aliphatic carbocycles. The van der Waals surface area contributed by atoms with Gasteiger partial charge in [0.1, 0.15) is 11.5 Å². The van der Waals surface area contributed by atoms with Crippen molar-refractivity contribution in [3.8, 4) is 0 Å². The maximum atomic E-state index is 11.5. The number of amides is 1. The largest absolute Gasteiger partial charge is 0.465 e. The number of carbonyl (C=O) groups is 1. The van der Waals surface area contributed by atoms with Crippen molar-refractivity contribution in [2.45, 2.75) is 31.7 Å². The zero-order valence-corrected chi connectivity index (χ0v) is 12.4. The third-order valence-corrected chi connectivity index (χ3v) is 3.52. The minimum absolute atomic E-state index is 0.356. The van der Waals surface area contributed by atoms with Crippen LogP contribution < -0.4 is 11.3 Å². The molecular weight excluding hydrogens is 276 g/mol. The highest BCUT2D eigenvalue weighted by atomic mass is 32.2. The van der Waals surface area contributed by atoms with Crippen molar-refractivity contribution in [3.63, 3.8) is 0 Å². The van der Waals surface area contributed by atoms with E-state index < -0.39 is 0 Å². The fraction of sp³-hybridized carbons (Fsp3) is 0.308. The molecule has 2 aromatic heterocycles. The van der Waals surface area contributed by atoms with Crippen LogP contribution >= 0.6 is 11.8 Å². The average Bonchev–Trinajstić information content (AvgIpc) is 2.76. The molecular formula is C13H16N4O2S. The fourth-order valence-corrected chi connectivity index (χ4v) is 2.64. The zero-order chi connectivity index (χ0) is 14.7. The van der Waals surface area contributed by atoms with E-state index in [-0.39, 0.29) is 5.91 Å². The number of furan rings is 1. The highest BCUT2D eigenvalue weighted by Crippen LogP contribution is 2.23. The number of carbonyl (C=O) groups excluding carboxylic acids is 1. The van der Waals surface area contributed by atoms with Crippen molar-refractivity contribution < 1.29 is 9.21 Å². The molecule has 2 heterocycles. The van der Waals surface area contributed by atoms with Crippen molar-refractivity contribution in [2.75, 3.05) is 0 Å². The Morgan fingerprint density at radius 3 is 2.55 bits per heavy atom. The van der Waals surface area contributed by atoms with Gasteiger partial charge in [-0.25, -0.2) is 15.8 Å². The third kappa shape index (κ3) is 3.37. The summed E-state index contributed by atoms with van der Waals surface area (Å²) in [5.41, 5.74) is 4.40. The van der Waals surface area contributed by atoms with Crippen LogP contribution in [-0.4, -0.2) is 15.9 Å². The van der Waals surface area contributed by atoms with Gasteiger partial charge in [-0.15, -0.1) is 0 Å². The van der Waals surface area contributed by atoms with E-state index in [0.717, 1.165) is 11.4 Å². The van der Waals surface area contributed by atoms with Crippen molar-refractivity contribution in [3.05, 3.63) is 40.6 Å². The van der Waals surface area contributed by atoms with Crippen LogP contribution in [0.15, 0.2) is 21.7 Å². The van der Waals surface area contributed by atoms with Crippen molar-refractivity contribution in [2.24, 2.45) is 5.84 Å². The van der Waals surface area contributed by atoms with Gasteiger partial charge in [-0.1, -0.05) is 11.8 Å². The predicted octanol–water partition coefficient (Wildman–Crippen LogP) is 1.89. The second-order valence-electron chi connectivity index (χ2n) is 4.38. The molecule has 0 radical (unpaired) electrons. The monoisotopic (exact) mass is 292 g/mol. The summed E-state index contributed by atoms with van der Waals surface area (Å²) in [4.78, 5) is 20.2. The summed E-state index contributed by atoms with van der Waals surface area (Å²) in [6.07, 6.45) is 0. The number of aromatic nitrogens is 2. The van der Waals surface area contributed by atoms with E-state index in [1.54, 1.807) is 13.0 Å². The first-order valence-corrected chi connectivity index (χ1v) is 7.03. The Bertz CT molecular complexity index is 619. The first-order valence-electron chi connectivity index (χ1n) is 6.05. The molecule has 0 bridgehead atoms. The topological polar surface area (TPSA) is 94.0 Å². The molecule has 0 spiro atoms. The summed E-state index contributed by atoms with van der Waals surface area (Å²) in [6.45, 7) is 5.59. The summed E-state index contributed by atoms with van der Waals surface area (Å²) < 4.78 is 5.53. The molecule has 6 nitrogen and oxygen atoms in total. The number of hydrogen-bond donors (Lipinski definition) is 2. The van der Waals surface area contributed by atoms with Crippen LogP contribution in [0.4, 0.5) is 0 Å². The first-order chi connectivity index (χ1) is 9.49. The lowest BCUT2D eigenvalue weighted by Crippen LogP contribution is -2.30. The molecule has 0 aliphatic heterocycles. The van der Waals surface area contributed by atoms with Gasteiger partial charge in [0, 0.05) is 11.4 Å². The quantitative estimate of drug-likeness (QED) is 0.294. The Balaban J connectivity index is 2.09. The molecule has 7 heteroatoms. The third-order valence-electron chi connectivity index (χ3n) is 2.65. The number of rotatable bonds is 4. The molecule has 20 heavy (non-hydrogen) atoms. The molecule has 0 saturated heterocycles. The number of nitrogens with one attached hydrogen (secondary N) is 1. The normalized spacial score (nSPS) is 10.6. The highest BCUT2D eigenvalue weighted by Gasteiger charge is 2.14. The minimum Gasteiger partial charge on any atom is -0.465 e. The van der Waals surface area contributed by atoms with E-state index in [0.29, 0.717) is 28.0 Å². The lowest BCUT2D eigenvalue weighted by molar-refractivity contribution is 0.0952. The molecule has 3 N–H and O–H groups in total. The van der Waals surface area contributed by atoms with Crippen LogP contribution in [-0.2, 0) is 5.75 Å². The number of thioether (sulfide) groups is 1. The van der Waals surface area contributed by atoms with Crippen LogP contribution in [0.1, 0.15) is 33.3 Å². The van der Waals surface area contributed by atoms with Gasteiger partial charge in [0.15, 0.2) is 5.16 Å². The second-order valence-corrected chi connectivity index (χ2v) is 5.32. The Hall–Kier alpha value is -1.86. The van der Waals surface area contributed by atoms with Gasteiger partial charge in [-0.2, -0.15) is 0 Å². The molecule has 0 saturated carbocycles. The van der Waals surface area contributed by atoms with E-state index >= 15 is 0 Å². The lowest BCUT2D eigenvalue weighted by Gasteiger charge is -2.01. The molecule has 106 valence electrons. The van der Waals surface area contributed by atoms with Gasteiger partial charge in [-0.05, 0) is 32.9 Å². The van der Waals surface area contributed by atoms with E-state index in [2.05, 4.69) is 15.4 Å². The van der Waals surface area contributed by atoms with Crippen LogP contribution in [0.5, 0.6) is 0 Å². The number of hydrazine groups is 1. The first kappa shape index (κ1) is 14.5. The molecule has 0 aromatic carbocycles. The number of nitrogens with two attached hydrogens (primary N) is 1. The molecule has 0 atom stereocenters. The number of nitrogen functional groups attached to an aromatic ring is 1. The Morgan fingerprint density at radius 2 is 1.95 bits per heavy atom. The minimum atomic E-state index is -0.356. The average molecular weight is 292 g/mol. The maximum absolute atomic E-state index is 11.5. The van der Waals surface area contributed by atoms with Gasteiger partial charge in [0.05, 0.1) is 11.3 Å². The van der Waals surface area contributed by atoms with Crippen molar-refractivity contribution >= 4 is 17.7 Å². The van der Waals surface area contributed by atoms with E-state index in [1.165, 1.54) is 11.8 Å². The number of nitrogens with zero attached hydrogens (tertiary/aromatic N) is 2. The van der Waals surface area contributed by atoms with Gasteiger partial charge < -0.3 is 4.42 Å². The standard InChI is InChI=1S/C13H16N4O2S/c1-7-4-8(2)16-13(15-7)20-6-10-5-11(9(3)19-10)12(18)17-14/h4-5H,6,14H2,1-3H3,(H,17,18). The van der Waals surface area contributed by atoms with Crippen molar-refractivity contribution in [1.29, 1.82) is 0 Å². The number of hydrogen-bond acceptors (Lipinski definition) is 6. The van der Waals surface area contributed by atoms with Gasteiger partial charge in [0.25, 0.3) is 5.91 Å². The number of aryl methyl sites for hydroxylation is 3. The SMILES string of the molecule is Cc1cc(C)nc(SCc2cc(C(=O)NN)c(C)o2)n1. The van der Waals surface area contributed by atoms with E-state index in [9.17, 15) is 4.79 Å². The summed E-state index contributed by atoms with van der Waals surface area (Å²) >= 11 is 1.46. The molecule has 0 aliphatic rings. The van der Waals surface area contributed by atoms with Crippen LogP contribution in [0, 0.1) is 20.8 Å². The van der Waals surface area contributed by atoms with Gasteiger partial charge in [0.2, 0.25) is 0 Å². The van der Waals surface area contributed by atoms with Gasteiger partial charge >= 0.3 is 0 Å². The van der Waals surface area contributed by atoms with Crippen LogP contribution in [0.2, 0.25) is 0 Å². The summed E-state index contributed by atoms with van der Waals surface area (Å²) in [6, 6.07) is 3.61. The van der Waals surface area contributed by atoms with Crippen molar-refractivity contribution in [1.82, 2.24) is 15.4 Å². The zero-order valence-electron chi connectivity index (χ0n) is 11.6. The Kier molecular flexibility index (Phi) is 4.41. The summed E-state index contributed by atoms with van der Waals surface area (Å²) in [5.74, 6) is 6.55. The van der Waals surface area contributed by atoms with Crippen LogP contribution in [0.25, 0.3) is 0 Å². The molecule has 0 unspecified atom stereocenters. The Labute approximate surface area is 121 Å². The summed E-state index contributed by atoms with van der Waals surface area (Å²) in [7, 11) is 0. The van der Waals surface area contributed by atoms with E-state index in [1.807, 2.05) is 19.9 Å². The molecule has 1 amide bonds. The van der Waals surface area contributed by atoms with E-state index in [4.69, 9.17) is 10.3 Å². The Morgan fingerprint density at radius 1 is 1.30 bits per heavy atom. The summed E-state index contributed by atoms with van der Waals surface area (Å²) in [5, 5.41) is 0.696. The fourth-order valence-electron chi connectivity index (χ4n) is 1.81. The smallest absolute Gasteiger partial charge is 0.268 e. The lowest BCUT2D eigenvalue weighted by atomic mass is 10.2. The van der Waals surface area contributed by atoms with Crippen LogP contribution in [0.3, 0.4) is 0 Å².